The van der Waals surface area contributed by atoms with Crippen LogP contribution in [0.4, 0.5) is 14.5 Å². The third kappa shape index (κ3) is 2.57. The summed E-state index contributed by atoms with van der Waals surface area (Å²) < 4.78 is 28.4. The standard InChI is InChI=1S/C13H8Cl2F2N2O2/c14-7-2-1-5(10(16)6(7)3-20)13-11(17)12(18)9(15)8(4-21)19-13/h1-2,4,20H,3H2,(H2,18,19). The van der Waals surface area contributed by atoms with Crippen LogP contribution < -0.4 is 5.73 Å². The molecule has 1 aromatic heterocycles. The fraction of sp³-hybridized carbons (Fsp3) is 0.0769. The lowest BCUT2D eigenvalue weighted by Crippen LogP contribution is -2.05. The van der Waals surface area contributed by atoms with Gasteiger partial charge in [0.25, 0.3) is 0 Å². The Morgan fingerprint density at radius 1 is 1.29 bits per heavy atom. The van der Waals surface area contributed by atoms with E-state index in [0.29, 0.717) is 0 Å². The van der Waals surface area contributed by atoms with Crippen molar-refractivity contribution in [3.63, 3.8) is 0 Å². The molecule has 8 heteroatoms. The minimum atomic E-state index is -1.06. The van der Waals surface area contributed by atoms with E-state index in [1.165, 1.54) is 12.1 Å². The minimum Gasteiger partial charge on any atom is -0.395 e. The summed E-state index contributed by atoms with van der Waals surface area (Å²) in [6.07, 6.45) is 0.280. The van der Waals surface area contributed by atoms with Crippen LogP contribution in [0.15, 0.2) is 12.1 Å². The van der Waals surface area contributed by atoms with Gasteiger partial charge in [-0.25, -0.2) is 13.8 Å². The largest absolute Gasteiger partial charge is 0.395 e. The molecule has 110 valence electrons. The van der Waals surface area contributed by atoms with Crippen molar-refractivity contribution in [3.05, 3.63) is 45.1 Å². The minimum absolute atomic E-state index is 0.0169. The quantitative estimate of drug-likeness (QED) is 0.846. The number of anilines is 1. The average Bonchev–Trinajstić information content (AvgIpc) is 2.47. The summed E-state index contributed by atoms with van der Waals surface area (Å²) in [4.78, 5) is 14.5. The van der Waals surface area contributed by atoms with E-state index in [2.05, 4.69) is 4.98 Å². The van der Waals surface area contributed by atoms with E-state index in [9.17, 15) is 13.6 Å². The fourth-order valence-electron chi connectivity index (χ4n) is 1.76. The maximum absolute atomic E-state index is 14.3. The molecule has 2 rings (SSSR count). The Balaban J connectivity index is 2.79. The van der Waals surface area contributed by atoms with E-state index in [1.807, 2.05) is 0 Å². The van der Waals surface area contributed by atoms with E-state index < -0.39 is 29.6 Å². The molecule has 0 spiro atoms. The van der Waals surface area contributed by atoms with Gasteiger partial charge >= 0.3 is 0 Å². The highest BCUT2D eigenvalue weighted by Gasteiger charge is 2.22. The van der Waals surface area contributed by atoms with E-state index in [1.54, 1.807) is 0 Å². The number of carbonyl (C=O) groups is 1. The Kier molecular flexibility index (Phi) is 4.41. The molecule has 0 atom stereocenters. The van der Waals surface area contributed by atoms with Crippen molar-refractivity contribution >= 4 is 35.2 Å². The fourth-order valence-corrected chi connectivity index (χ4v) is 2.14. The molecule has 0 bridgehead atoms. The first-order chi connectivity index (χ1) is 9.92. The van der Waals surface area contributed by atoms with Crippen LogP contribution in [0.5, 0.6) is 0 Å². The van der Waals surface area contributed by atoms with E-state index in [4.69, 9.17) is 34.0 Å². The number of hydrogen-bond donors (Lipinski definition) is 2. The van der Waals surface area contributed by atoms with Gasteiger partial charge in [0.15, 0.2) is 12.1 Å². The number of aliphatic hydroxyl groups excluding tert-OH is 1. The summed E-state index contributed by atoms with van der Waals surface area (Å²) in [6, 6.07) is 2.45. The molecular weight excluding hydrogens is 325 g/mol. The highest BCUT2D eigenvalue weighted by Crippen LogP contribution is 2.34. The highest BCUT2D eigenvalue weighted by molar-refractivity contribution is 6.35. The molecule has 0 amide bonds. The van der Waals surface area contributed by atoms with Crippen molar-refractivity contribution in [1.82, 2.24) is 4.98 Å². The summed E-state index contributed by atoms with van der Waals surface area (Å²) in [5, 5.41) is 8.74. The molecule has 0 saturated heterocycles. The highest BCUT2D eigenvalue weighted by atomic mass is 35.5. The summed E-state index contributed by atoms with van der Waals surface area (Å²) >= 11 is 11.4. The lowest BCUT2D eigenvalue weighted by atomic mass is 10.0. The number of halogens is 4. The van der Waals surface area contributed by atoms with Crippen molar-refractivity contribution in [2.45, 2.75) is 6.61 Å². The maximum Gasteiger partial charge on any atom is 0.174 e. The number of rotatable bonds is 3. The van der Waals surface area contributed by atoms with Gasteiger partial charge in [-0.3, -0.25) is 4.79 Å². The second-order valence-corrected chi connectivity index (χ2v) is 4.84. The van der Waals surface area contributed by atoms with Gasteiger partial charge in [-0.05, 0) is 12.1 Å². The van der Waals surface area contributed by atoms with Crippen molar-refractivity contribution in [3.8, 4) is 11.3 Å². The van der Waals surface area contributed by atoms with Crippen LogP contribution in [0.3, 0.4) is 0 Å². The number of nitrogens with zero attached hydrogens (tertiary/aromatic N) is 1. The molecule has 0 aliphatic heterocycles. The Bertz CT molecular complexity index is 739. The van der Waals surface area contributed by atoms with Crippen LogP contribution in [0, 0.1) is 11.6 Å². The van der Waals surface area contributed by atoms with E-state index in [-0.39, 0.29) is 33.2 Å². The van der Waals surface area contributed by atoms with Crippen LogP contribution in [-0.2, 0) is 6.61 Å². The molecule has 1 heterocycles. The maximum atomic E-state index is 14.3. The van der Waals surface area contributed by atoms with Gasteiger partial charge in [0.05, 0.1) is 17.3 Å². The van der Waals surface area contributed by atoms with Crippen molar-refractivity contribution in [2.24, 2.45) is 0 Å². The monoisotopic (exact) mass is 332 g/mol. The molecule has 0 unspecified atom stereocenters. The Morgan fingerprint density at radius 2 is 1.95 bits per heavy atom. The molecule has 3 N–H and O–H groups in total. The number of benzene rings is 1. The predicted octanol–water partition coefficient (Wildman–Crippen LogP) is 3.22. The van der Waals surface area contributed by atoms with Gasteiger partial charge in [0.1, 0.15) is 17.2 Å². The van der Waals surface area contributed by atoms with Crippen LogP contribution in [0.1, 0.15) is 16.1 Å². The first-order valence-corrected chi connectivity index (χ1v) is 6.35. The molecule has 2 aromatic rings. The van der Waals surface area contributed by atoms with Gasteiger partial charge in [0.2, 0.25) is 0 Å². The van der Waals surface area contributed by atoms with E-state index in [0.717, 1.165) is 0 Å². The predicted molar refractivity (Wildman–Crippen MR) is 75.3 cm³/mol. The number of aldehydes is 1. The second-order valence-electron chi connectivity index (χ2n) is 4.05. The summed E-state index contributed by atoms with van der Waals surface area (Å²) in [5.41, 5.74) is 3.64. The van der Waals surface area contributed by atoms with Gasteiger partial charge in [-0.2, -0.15) is 0 Å². The van der Waals surface area contributed by atoms with Crippen LogP contribution in [-0.4, -0.2) is 16.4 Å². The van der Waals surface area contributed by atoms with Gasteiger partial charge in [-0.15, -0.1) is 0 Å². The summed E-state index contributed by atoms with van der Waals surface area (Å²) in [5.74, 6) is -2.01. The third-order valence-electron chi connectivity index (χ3n) is 2.85. The number of aromatic nitrogens is 1. The topological polar surface area (TPSA) is 76.2 Å². The molecule has 4 nitrogen and oxygen atoms in total. The number of carbonyl (C=O) groups excluding carboxylic acids is 1. The molecule has 0 aliphatic rings. The number of pyridine rings is 1. The molecular formula is C13H8Cl2F2N2O2. The first-order valence-electron chi connectivity index (χ1n) is 5.60. The number of nitrogen functional groups attached to an aromatic ring is 1. The average molecular weight is 333 g/mol. The van der Waals surface area contributed by atoms with Crippen LogP contribution >= 0.6 is 23.2 Å². The molecule has 0 radical (unpaired) electrons. The number of nitrogens with two attached hydrogens (primary N) is 1. The van der Waals surface area contributed by atoms with E-state index >= 15 is 0 Å². The second kappa shape index (κ2) is 5.93. The zero-order valence-corrected chi connectivity index (χ0v) is 11.8. The Morgan fingerprint density at radius 3 is 2.52 bits per heavy atom. The summed E-state index contributed by atoms with van der Waals surface area (Å²) in [6.45, 7) is -0.677. The molecule has 1 aromatic carbocycles. The van der Waals surface area contributed by atoms with Crippen LogP contribution in [0.2, 0.25) is 10.0 Å². The molecule has 0 aliphatic carbocycles. The number of hydrogen-bond acceptors (Lipinski definition) is 4. The zero-order valence-electron chi connectivity index (χ0n) is 10.3. The molecule has 0 fully saturated rings. The van der Waals surface area contributed by atoms with Crippen molar-refractivity contribution < 1.29 is 18.7 Å². The zero-order chi connectivity index (χ0) is 15.7. The SMILES string of the molecule is Nc1c(F)c(-c2ccc(Cl)c(CO)c2F)nc(C=O)c1Cl. The first kappa shape index (κ1) is 15.6. The van der Waals surface area contributed by atoms with Crippen LogP contribution in [0.25, 0.3) is 11.3 Å². The van der Waals surface area contributed by atoms with Crippen molar-refractivity contribution in [2.75, 3.05) is 5.73 Å². The Labute approximate surface area is 128 Å². The van der Waals surface area contributed by atoms with Gasteiger partial charge in [-0.1, -0.05) is 23.2 Å². The smallest absolute Gasteiger partial charge is 0.174 e. The molecule has 21 heavy (non-hydrogen) atoms. The van der Waals surface area contributed by atoms with Gasteiger partial charge in [0, 0.05) is 16.1 Å². The number of aliphatic hydroxyl groups is 1. The molecule has 0 saturated carbocycles. The Hall–Kier alpha value is -1.76. The normalized spacial score (nSPS) is 10.7. The lowest BCUT2D eigenvalue weighted by Gasteiger charge is -2.11. The lowest BCUT2D eigenvalue weighted by molar-refractivity contribution is 0.111. The summed E-state index contributed by atoms with van der Waals surface area (Å²) in [7, 11) is 0. The third-order valence-corrected chi connectivity index (χ3v) is 3.60. The van der Waals surface area contributed by atoms with Crippen molar-refractivity contribution in [1.29, 1.82) is 0 Å². The van der Waals surface area contributed by atoms with Gasteiger partial charge < -0.3 is 10.8 Å².